The molecular weight excluding hydrogens is 476 g/mol. The van der Waals surface area contributed by atoms with Crippen molar-refractivity contribution >= 4 is 23.6 Å². The van der Waals surface area contributed by atoms with Crippen molar-refractivity contribution in [3.05, 3.63) is 65.6 Å². The molecule has 1 fully saturated rings. The lowest BCUT2D eigenvalue weighted by Gasteiger charge is -2.31. The average Bonchev–Trinajstić information content (AvgIpc) is 3.25. The van der Waals surface area contributed by atoms with Gasteiger partial charge in [0.1, 0.15) is 17.6 Å². The molecule has 1 N–H and O–H groups in total. The molecule has 2 aromatic rings. The van der Waals surface area contributed by atoms with E-state index in [9.17, 15) is 23.2 Å². The molecule has 0 unspecified atom stereocenters. The van der Waals surface area contributed by atoms with E-state index in [-0.39, 0.29) is 29.6 Å². The summed E-state index contributed by atoms with van der Waals surface area (Å²) in [5.41, 5.74) is 0.218. The third kappa shape index (κ3) is 5.85. The number of pyridine rings is 1. The molecular formula is C25H25F2N3O6. The summed E-state index contributed by atoms with van der Waals surface area (Å²) in [5.74, 6) is -3.64. The fraction of sp³-hybridized carbons (Fsp3) is 0.360. The number of nitrogens with zero attached hydrogens (tertiary/aromatic N) is 2. The van der Waals surface area contributed by atoms with Gasteiger partial charge in [-0.25, -0.2) is 18.6 Å². The molecule has 11 heteroatoms. The second-order valence-electron chi connectivity index (χ2n) is 8.45. The first-order valence-corrected chi connectivity index (χ1v) is 11.4. The predicted molar refractivity (Wildman–Crippen MR) is 123 cm³/mol. The Morgan fingerprint density at radius 2 is 1.92 bits per heavy atom. The zero-order chi connectivity index (χ0) is 25.7. The van der Waals surface area contributed by atoms with Crippen LogP contribution in [-0.4, -0.2) is 60.6 Å². The predicted octanol–water partition coefficient (Wildman–Crippen LogP) is 3.08. The first kappa shape index (κ1) is 25.2. The number of nitrogens with one attached hydrogen (secondary N) is 1. The maximum absolute atomic E-state index is 14.0. The van der Waals surface area contributed by atoms with Gasteiger partial charge in [0.15, 0.2) is 17.4 Å². The number of carbonyl (C=O) groups excluding carboxylic acids is 3. The summed E-state index contributed by atoms with van der Waals surface area (Å²) in [5, 5.41) is 2.68. The number of rotatable bonds is 8. The molecule has 1 aromatic heterocycles. The van der Waals surface area contributed by atoms with Crippen LogP contribution in [0.3, 0.4) is 0 Å². The third-order valence-corrected chi connectivity index (χ3v) is 6.06. The standard InChI is InChI=1S/C25H25F2N3O6/c1-34-25(33)16-5-6-21(28-13-16)29-24(32)20(11-15-7-9-35-10-8-15)30-14-17(12-22(30)31)36-23-18(26)3-2-4-19(23)27/h2-6,12-13,15,20H,7-11,14H2,1H3,(H,28,29,32)/t20-/m1/s1. The molecule has 4 rings (SSSR count). The molecule has 36 heavy (non-hydrogen) atoms. The van der Waals surface area contributed by atoms with E-state index in [0.29, 0.717) is 19.6 Å². The van der Waals surface area contributed by atoms with E-state index >= 15 is 0 Å². The Morgan fingerprint density at radius 3 is 2.56 bits per heavy atom. The average molecular weight is 501 g/mol. The van der Waals surface area contributed by atoms with Crippen LogP contribution in [0.15, 0.2) is 48.4 Å². The number of anilines is 1. The van der Waals surface area contributed by atoms with Gasteiger partial charge in [0.05, 0.1) is 19.2 Å². The largest absolute Gasteiger partial charge is 0.465 e. The number of hydrogen-bond acceptors (Lipinski definition) is 7. The van der Waals surface area contributed by atoms with E-state index in [2.05, 4.69) is 15.0 Å². The van der Waals surface area contributed by atoms with Crippen LogP contribution in [0.25, 0.3) is 0 Å². The molecule has 2 aliphatic heterocycles. The van der Waals surface area contributed by atoms with Gasteiger partial charge < -0.3 is 24.4 Å². The summed E-state index contributed by atoms with van der Waals surface area (Å²) >= 11 is 0. The number of amides is 2. The molecule has 1 aromatic carbocycles. The number of esters is 1. The first-order valence-electron chi connectivity index (χ1n) is 11.4. The van der Waals surface area contributed by atoms with Gasteiger partial charge in [-0.3, -0.25) is 9.59 Å². The van der Waals surface area contributed by atoms with Crippen LogP contribution in [0.2, 0.25) is 0 Å². The van der Waals surface area contributed by atoms with Crippen LogP contribution in [0.5, 0.6) is 5.75 Å². The molecule has 190 valence electrons. The van der Waals surface area contributed by atoms with Gasteiger partial charge in [0.25, 0.3) is 5.91 Å². The van der Waals surface area contributed by atoms with Gasteiger partial charge in [-0.2, -0.15) is 0 Å². The number of hydrogen-bond donors (Lipinski definition) is 1. The summed E-state index contributed by atoms with van der Waals surface area (Å²) in [6, 6.07) is 5.32. The third-order valence-electron chi connectivity index (χ3n) is 6.06. The van der Waals surface area contributed by atoms with E-state index in [0.717, 1.165) is 31.1 Å². The van der Waals surface area contributed by atoms with E-state index < -0.39 is 41.2 Å². The van der Waals surface area contributed by atoms with Gasteiger partial charge in [-0.05, 0) is 49.4 Å². The number of ether oxygens (including phenoxy) is 3. The van der Waals surface area contributed by atoms with E-state index in [1.165, 1.54) is 36.4 Å². The molecule has 0 aliphatic carbocycles. The molecule has 1 atom stereocenters. The Labute approximate surface area is 206 Å². The normalized spacial score (nSPS) is 16.9. The van der Waals surface area contributed by atoms with Gasteiger partial charge in [-0.15, -0.1) is 0 Å². The molecule has 0 bridgehead atoms. The van der Waals surface area contributed by atoms with Gasteiger partial charge in [-0.1, -0.05) is 6.07 Å². The number of methoxy groups -OCH3 is 1. The van der Waals surface area contributed by atoms with Crippen molar-refractivity contribution in [3.8, 4) is 5.75 Å². The van der Waals surface area contributed by atoms with Gasteiger partial charge >= 0.3 is 5.97 Å². The monoisotopic (exact) mass is 501 g/mol. The lowest BCUT2D eigenvalue weighted by molar-refractivity contribution is -0.134. The number of benzene rings is 1. The summed E-state index contributed by atoms with van der Waals surface area (Å²) in [6.45, 7) is 0.980. The molecule has 0 saturated carbocycles. The number of aromatic nitrogens is 1. The van der Waals surface area contributed by atoms with Gasteiger partial charge in [0.2, 0.25) is 5.91 Å². The van der Waals surface area contributed by atoms with E-state index in [1.54, 1.807) is 0 Å². The van der Waals surface area contributed by atoms with Crippen LogP contribution < -0.4 is 10.1 Å². The number of para-hydroxylation sites is 1. The molecule has 2 aliphatic rings. The lowest BCUT2D eigenvalue weighted by Crippen LogP contribution is -2.47. The highest BCUT2D eigenvalue weighted by Crippen LogP contribution is 2.29. The second-order valence-corrected chi connectivity index (χ2v) is 8.45. The highest BCUT2D eigenvalue weighted by Gasteiger charge is 2.36. The topological polar surface area (TPSA) is 107 Å². The minimum atomic E-state index is -0.903. The lowest BCUT2D eigenvalue weighted by atomic mass is 9.91. The molecule has 0 spiro atoms. The Bertz CT molecular complexity index is 1140. The number of halogens is 2. The highest BCUT2D eigenvalue weighted by molar-refractivity contribution is 6.00. The smallest absolute Gasteiger partial charge is 0.339 e. The minimum absolute atomic E-state index is 0.0225. The maximum Gasteiger partial charge on any atom is 0.339 e. The highest BCUT2D eigenvalue weighted by atomic mass is 19.1. The Morgan fingerprint density at radius 1 is 1.19 bits per heavy atom. The van der Waals surface area contributed by atoms with Crippen LogP contribution >= 0.6 is 0 Å². The zero-order valence-electron chi connectivity index (χ0n) is 19.5. The summed E-state index contributed by atoms with van der Waals surface area (Å²) in [4.78, 5) is 43.2. The zero-order valence-corrected chi connectivity index (χ0v) is 19.5. The summed E-state index contributed by atoms with van der Waals surface area (Å²) < 4.78 is 43.5. The quantitative estimate of drug-likeness (QED) is 0.554. The molecule has 3 heterocycles. The molecule has 9 nitrogen and oxygen atoms in total. The number of carbonyl (C=O) groups is 3. The fourth-order valence-electron chi connectivity index (χ4n) is 4.14. The van der Waals surface area contributed by atoms with Crippen molar-refractivity contribution in [1.29, 1.82) is 0 Å². The first-order chi connectivity index (χ1) is 17.4. The van der Waals surface area contributed by atoms with Crippen molar-refractivity contribution in [2.24, 2.45) is 5.92 Å². The summed E-state index contributed by atoms with van der Waals surface area (Å²) in [7, 11) is 1.25. The van der Waals surface area contributed by atoms with Crippen molar-refractivity contribution in [2.45, 2.75) is 25.3 Å². The Kier molecular flexibility index (Phi) is 7.89. The SMILES string of the molecule is COC(=O)c1ccc(NC(=O)[C@@H](CC2CCOCC2)N2CC(Oc3c(F)cccc3F)=CC2=O)nc1. The minimum Gasteiger partial charge on any atom is -0.465 e. The van der Waals surface area contributed by atoms with Crippen molar-refractivity contribution in [2.75, 3.05) is 32.2 Å². The van der Waals surface area contributed by atoms with Crippen LogP contribution in [0.4, 0.5) is 14.6 Å². The molecule has 0 radical (unpaired) electrons. The van der Waals surface area contributed by atoms with Crippen LogP contribution in [0, 0.1) is 17.6 Å². The van der Waals surface area contributed by atoms with Crippen molar-refractivity contribution < 1.29 is 37.4 Å². The molecule has 2 amide bonds. The Hall–Kier alpha value is -3.86. The second kappa shape index (κ2) is 11.3. The fourth-order valence-corrected chi connectivity index (χ4v) is 4.14. The van der Waals surface area contributed by atoms with Gasteiger partial charge in [0, 0.05) is 25.5 Å². The Balaban J connectivity index is 1.50. The van der Waals surface area contributed by atoms with Crippen molar-refractivity contribution in [1.82, 2.24) is 9.88 Å². The van der Waals surface area contributed by atoms with Crippen LogP contribution in [0.1, 0.15) is 29.6 Å². The van der Waals surface area contributed by atoms with Crippen LogP contribution in [-0.2, 0) is 19.1 Å². The maximum atomic E-state index is 14.0. The van der Waals surface area contributed by atoms with Crippen molar-refractivity contribution in [3.63, 3.8) is 0 Å². The molecule has 1 saturated heterocycles. The van der Waals surface area contributed by atoms with E-state index in [4.69, 9.17) is 9.47 Å². The summed E-state index contributed by atoms with van der Waals surface area (Å²) in [6.07, 6.45) is 4.21. The van der Waals surface area contributed by atoms with E-state index in [1.807, 2.05) is 0 Å².